The van der Waals surface area contributed by atoms with Crippen LogP contribution in [0.3, 0.4) is 0 Å². The Hall–Kier alpha value is -3.27. The van der Waals surface area contributed by atoms with Gasteiger partial charge in [-0.15, -0.1) is 0 Å². The van der Waals surface area contributed by atoms with Gasteiger partial charge in [-0.3, -0.25) is 9.59 Å². The predicted molar refractivity (Wildman–Crippen MR) is 125 cm³/mol. The van der Waals surface area contributed by atoms with Crippen LogP contribution < -0.4 is 4.74 Å². The molecular formula is C25H20ClNO7S. The van der Waals surface area contributed by atoms with E-state index >= 15 is 0 Å². The van der Waals surface area contributed by atoms with Crippen molar-refractivity contribution in [1.82, 2.24) is 4.98 Å². The zero-order chi connectivity index (χ0) is 25.2. The van der Waals surface area contributed by atoms with Gasteiger partial charge in [0.1, 0.15) is 5.92 Å². The van der Waals surface area contributed by atoms with E-state index in [4.69, 9.17) is 21.1 Å². The van der Waals surface area contributed by atoms with Gasteiger partial charge in [-0.2, -0.15) is 0 Å². The van der Waals surface area contributed by atoms with Crippen molar-refractivity contribution in [3.05, 3.63) is 88.7 Å². The molecule has 0 spiro atoms. The molecule has 35 heavy (non-hydrogen) atoms. The number of rotatable bonds is 4. The molecule has 3 aromatic rings. The molecule has 1 N–H and O–H groups in total. The first-order valence-electron chi connectivity index (χ1n) is 10.6. The van der Waals surface area contributed by atoms with Gasteiger partial charge in [0.25, 0.3) is 0 Å². The molecule has 2 aliphatic rings. The standard InChI is InChI=1S/C25H20ClNO7S/c1-33-23(29)20-19(14-6-4-3-5-7-14)25(15-8-10-17(11-9-15)35(2,31)32)24(20,30)22(28)21-18(34-25)12-16(26)13-27-21/h3-13,19-20,30H,1-2H3. The Balaban J connectivity index is 1.82. The number of esters is 1. The van der Waals surface area contributed by atoms with Crippen molar-refractivity contribution >= 4 is 33.2 Å². The molecule has 0 radical (unpaired) electrons. The number of ketones is 1. The molecule has 1 aliphatic heterocycles. The van der Waals surface area contributed by atoms with E-state index in [1.54, 1.807) is 30.3 Å². The van der Waals surface area contributed by atoms with Gasteiger partial charge in [-0.1, -0.05) is 54.1 Å². The van der Waals surface area contributed by atoms with Crippen molar-refractivity contribution in [1.29, 1.82) is 0 Å². The highest BCUT2D eigenvalue weighted by Gasteiger charge is 2.82. The quantitative estimate of drug-likeness (QED) is 0.529. The third kappa shape index (κ3) is 3.15. The zero-order valence-corrected chi connectivity index (χ0v) is 20.2. The Morgan fingerprint density at radius 2 is 1.80 bits per heavy atom. The maximum absolute atomic E-state index is 13.8. The van der Waals surface area contributed by atoms with Crippen LogP contribution in [0.1, 0.15) is 27.5 Å². The van der Waals surface area contributed by atoms with Crippen LogP contribution in [0.2, 0.25) is 5.02 Å². The van der Waals surface area contributed by atoms with Gasteiger partial charge >= 0.3 is 5.97 Å². The summed E-state index contributed by atoms with van der Waals surface area (Å²) in [6.45, 7) is 0. The van der Waals surface area contributed by atoms with Crippen LogP contribution in [0.4, 0.5) is 0 Å². The minimum absolute atomic E-state index is 0.0450. The van der Waals surface area contributed by atoms with Gasteiger partial charge in [0.05, 0.1) is 17.0 Å². The molecule has 0 saturated heterocycles. The second-order valence-corrected chi connectivity index (χ2v) is 11.1. The number of hydrogen-bond acceptors (Lipinski definition) is 8. The van der Waals surface area contributed by atoms with E-state index in [1.165, 1.54) is 43.6 Å². The number of carbonyl (C=O) groups excluding carboxylic acids is 2. The molecule has 5 rings (SSSR count). The number of hydrogen-bond donors (Lipinski definition) is 1. The van der Waals surface area contributed by atoms with E-state index < -0.39 is 44.6 Å². The number of methoxy groups -OCH3 is 1. The van der Waals surface area contributed by atoms with Gasteiger partial charge < -0.3 is 14.6 Å². The number of aliphatic hydroxyl groups is 1. The molecule has 4 atom stereocenters. The Morgan fingerprint density at radius 3 is 2.40 bits per heavy atom. The Morgan fingerprint density at radius 1 is 1.14 bits per heavy atom. The molecule has 10 heteroatoms. The largest absolute Gasteiger partial charge is 0.476 e. The maximum atomic E-state index is 13.8. The first-order valence-corrected chi connectivity index (χ1v) is 12.9. The van der Waals surface area contributed by atoms with E-state index in [-0.39, 0.29) is 21.4 Å². The van der Waals surface area contributed by atoms with Gasteiger partial charge in [-0.05, 0) is 23.3 Å². The summed E-state index contributed by atoms with van der Waals surface area (Å²) in [5.74, 6) is -3.74. The van der Waals surface area contributed by atoms with Crippen LogP contribution >= 0.6 is 11.6 Å². The number of fused-ring (bicyclic) bond motifs is 2. The fraction of sp³-hybridized carbons (Fsp3) is 0.240. The number of Topliss-reactive ketones (excluding diaryl/α,β-unsaturated/α-hetero) is 1. The topological polar surface area (TPSA) is 120 Å². The first kappa shape index (κ1) is 23.5. The molecule has 2 heterocycles. The summed E-state index contributed by atoms with van der Waals surface area (Å²) in [6.07, 6.45) is 2.32. The normalized spacial score (nSPS) is 27.1. The summed E-state index contributed by atoms with van der Waals surface area (Å²) in [5, 5.41) is 12.3. The molecule has 180 valence electrons. The summed E-state index contributed by atoms with van der Waals surface area (Å²) in [4.78, 5) is 30.9. The van der Waals surface area contributed by atoms with Crippen LogP contribution in [-0.2, 0) is 25.0 Å². The second-order valence-electron chi connectivity index (χ2n) is 8.62. The van der Waals surface area contributed by atoms with E-state index in [0.29, 0.717) is 11.1 Å². The Bertz CT molecular complexity index is 1460. The van der Waals surface area contributed by atoms with Gasteiger partial charge in [0.15, 0.2) is 32.5 Å². The molecule has 8 nitrogen and oxygen atoms in total. The number of aromatic nitrogens is 1. The molecule has 4 unspecified atom stereocenters. The predicted octanol–water partition coefficient (Wildman–Crippen LogP) is 2.93. The average Bonchev–Trinajstić information content (AvgIpc) is 2.84. The fourth-order valence-corrected chi connectivity index (χ4v) is 6.03. The second kappa shape index (κ2) is 7.87. The van der Waals surface area contributed by atoms with Crippen LogP contribution in [0, 0.1) is 5.92 Å². The maximum Gasteiger partial charge on any atom is 0.313 e. The Labute approximate surface area is 206 Å². The van der Waals surface area contributed by atoms with E-state index in [1.807, 2.05) is 0 Å². The van der Waals surface area contributed by atoms with E-state index in [2.05, 4.69) is 4.98 Å². The van der Waals surface area contributed by atoms with Crippen LogP contribution in [0.25, 0.3) is 0 Å². The lowest BCUT2D eigenvalue weighted by atomic mass is 9.44. The number of halogens is 1. The van der Waals surface area contributed by atoms with Gasteiger partial charge in [0, 0.05) is 24.4 Å². The lowest BCUT2D eigenvalue weighted by molar-refractivity contribution is -0.251. The summed E-state index contributed by atoms with van der Waals surface area (Å²) < 4.78 is 35.5. The zero-order valence-electron chi connectivity index (χ0n) is 18.6. The SMILES string of the molecule is COC(=O)C1C(c2ccccc2)C2(c3ccc(S(C)(=O)=O)cc3)Oc3cc(Cl)cnc3C(=O)C12O. The third-order valence-corrected chi connectivity index (χ3v) is 8.10. The number of sulfone groups is 1. The number of ether oxygens (including phenoxy) is 2. The van der Waals surface area contributed by atoms with Gasteiger partial charge in [-0.25, -0.2) is 13.4 Å². The van der Waals surface area contributed by atoms with Crippen molar-refractivity contribution in [2.45, 2.75) is 22.0 Å². The average molecular weight is 514 g/mol. The summed E-state index contributed by atoms with van der Waals surface area (Å²) in [5.41, 5.74) is -3.42. The fourth-order valence-electron chi connectivity index (χ4n) is 5.25. The molecule has 1 fully saturated rings. The number of benzene rings is 2. The minimum Gasteiger partial charge on any atom is -0.476 e. The number of nitrogens with zero attached hydrogens (tertiary/aromatic N) is 1. The summed E-state index contributed by atoms with van der Waals surface area (Å²) in [6, 6.07) is 15.9. The molecule has 0 bridgehead atoms. The molecule has 0 amide bonds. The van der Waals surface area contributed by atoms with Gasteiger partial charge in [0.2, 0.25) is 5.78 Å². The monoisotopic (exact) mass is 513 g/mol. The van der Waals surface area contributed by atoms with Crippen molar-refractivity contribution in [2.75, 3.05) is 13.4 Å². The molecule has 1 saturated carbocycles. The lowest BCUT2D eigenvalue weighted by Gasteiger charge is -2.64. The van der Waals surface area contributed by atoms with Crippen molar-refractivity contribution in [2.24, 2.45) is 5.92 Å². The lowest BCUT2D eigenvalue weighted by Crippen LogP contribution is -2.80. The number of pyridine rings is 1. The number of carbonyl (C=O) groups is 2. The van der Waals surface area contributed by atoms with Crippen molar-refractivity contribution < 1.29 is 32.6 Å². The summed E-state index contributed by atoms with van der Waals surface area (Å²) >= 11 is 6.12. The van der Waals surface area contributed by atoms with Crippen LogP contribution in [-0.4, -0.2) is 49.2 Å². The first-order chi connectivity index (χ1) is 16.6. The Kier molecular flexibility index (Phi) is 5.28. The minimum atomic E-state index is -3.51. The van der Waals surface area contributed by atoms with Crippen LogP contribution in [0.15, 0.2) is 71.8 Å². The van der Waals surface area contributed by atoms with Crippen LogP contribution in [0.5, 0.6) is 5.75 Å². The highest BCUT2D eigenvalue weighted by atomic mass is 35.5. The highest BCUT2D eigenvalue weighted by molar-refractivity contribution is 7.90. The summed E-state index contributed by atoms with van der Waals surface area (Å²) in [7, 11) is -2.34. The van der Waals surface area contributed by atoms with E-state index in [9.17, 15) is 23.1 Å². The smallest absolute Gasteiger partial charge is 0.313 e. The van der Waals surface area contributed by atoms with E-state index in [0.717, 1.165) is 6.26 Å². The van der Waals surface area contributed by atoms with Crippen molar-refractivity contribution in [3.63, 3.8) is 0 Å². The molecular weight excluding hydrogens is 494 g/mol. The molecule has 2 aromatic carbocycles. The highest BCUT2D eigenvalue weighted by Crippen LogP contribution is 2.68. The third-order valence-electron chi connectivity index (χ3n) is 6.76. The molecule has 1 aromatic heterocycles. The molecule has 1 aliphatic carbocycles. The van der Waals surface area contributed by atoms with Crippen molar-refractivity contribution in [3.8, 4) is 5.75 Å².